The Bertz CT molecular complexity index is 273. The molecule has 1 aromatic heterocycles. The molecule has 11 heavy (non-hydrogen) atoms. The summed E-state index contributed by atoms with van der Waals surface area (Å²) in [6, 6.07) is 0. The summed E-state index contributed by atoms with van der Waals surface area (Å²) in [4.78, 5) is 3.53. The van der Waals surface area contributed by atoms with Crippen molar-refractivity contribution < 1.29 is 9.84 Å². The van der Waals surface area contributed by atoms with Crippen molar-refractivity contribution in [3.8, 4) is 5.75 Å². The first kappa shape index (κ1) is 7.39. The van der Waals surface area contributed by atoms with Gasteiger partial charge in [-0.3, -0.25) is 0 Å². The molecule has 0 aliphatic carbocycles. The van der Waals surface area contributed by atoms with E-state index in [1.807, 2.05) is 0 Å². The van der Waals surface area contributed by atoms with Gasteiger partial charge < -0.3 is 21.8 Å². The van der Waals surface area contributed by atoms with Crippen molar-refractivity contribution in [2.45, 2.75) is 6.92 Å². The summed E-state index contributed by atoms with van der Waals surface area (Å²) in [5.41, 5.74) is 10.5. The van der Waals surface area contributed by atoms with Crippen molar-refractivity contribution in [2.24, 2.45) is 0 Å². The quantitative estimate of drug-likeness (QED) is 0.326. The minimum absolute atomic E-state index is 0.169. The van der Waals surface area contributed by atoms with Crippen LogP contribution in [0.15, 0.2) is 0 Å². The molecule has 0 unspecified atom stereocenters. The third kappa shape index (κ3) is 0.977. The Hall–Kier alpha value is -1.72. The van der Waals surface area contributed by atoms with Crippen LogP contribution in [0.25, 0.3) is 0 Å². The number of nitrogens with zero attached hydrogens (tertiary/aromatic N) is 2. The maximum Gasteiger partial charge on any atom is 0.344 e. The number of nitrogen functional groups attached to an aromatic ring is 2. The fourth-order valence-corrected chi connectivity index (χ4v) is 0.675. The van der Waals surface area contributed by atoms with Gasteiger partial charge >= 0.3 is 5.95 Å². The lowest BCUT2D eigenvalue weighted by molar-refractivity contribution is -0.577. The Labute approximate surface area is 62.7 Å². The SMILES string of the molecule is Cc1nc(N)[n+]([O-])c(N)c1O. The zero-order valence-electron chi connectivity index (χ0n) is 5.90. The molecule has 0 aliphatic heterocycles. The summed E-state index contributed by atoms with van der Waals surface area (Å²) in [6.45, 7) is 1.50. The van der Waals surface area contributed by atoms with Crippen molar-refractivity contribution in [2.75, 3.05) is 11.5 Å². The van der Waals surface area contributed by atoms with Crippen LogP contribution < -0.4 is 16.2 Å². The van der Waals surface area contributed by atoms with E-state index in [1.165, 1.54) is 6.92 Å². The molecular formula is C5H8N4O2. The topological polar surface area (TPSA) is 112 Å². The number of aromatic nitrogens is 2. The normalized spacial score (nSPS) is 9.91. The second kappa shape index (κ2) is 2.15. The van der Waals surface area contributed by atoms with Crippen LogP contribution >= 0.6 is 0 Å². The second-order valence-corrected chi connectivity index (χ2v) is 2.08. The predicted octanol–water partition coefficient (Wildman–Crippen LogP) is -1.11. The summed E-state index contributed by atoms with van der Waals surface area (Å²) in [5, 5.41) is 19.8. The molecular weight excluding hydrogens is 148 g/mol. The zero-order chi connectivity index (χ0) is 8.59. The minimum atomic E-state index is -0.325. The van der Waals surface area contributed by atoms with Crippen molar-refractivity contribution >= 4 is 11.8 Å². The van der Waals surface area contributed by atoms with Crippen LogP contribution in [0.3, 0.4) is 0 Å². The minimum Gasteiger partial charge on any atom is -0.754 e. The molecule has 5 N–H and O–H groups in total. The van der Waals surface area contributed by atoms with Crippen LogP contribution in [-0.2, 0) is 0 Å². The smallest absolute Gasteiger partial charge is 0.344 e. The highest BCUT2D eigenvalue weighted by Gasteiger charge is 2.12. The highest BCUT2D eigenvalue weighted by molar-refractivity contribution is 5.44. The van der Waals surface area contributed by atoms with E-state index in [4.69, 9.17) is 16.6 Å². The molecule has 60 valence electrons. The first-order valence-corrected chi connectivity index (χ1v) is 2.88. The maximum absolute atomic E-state index is 10.8. The lowest BCUT2D eigenvalue weighted by Crippen LogP contribution is -2.35. The van der Waals surface area contributed by atoms with Gasteiger partial charge in [-0.05, 0) is 6.92 Å². The molecule has 0 fully saturated rings. The Kier molecular flexibility index (Phi) is 1.45. The summed E-state index contributed by atoms with van der Waals surface area (Å²) in [6.07, 6.45) is 0. The van der Waals surface area contributed by atoms with Crippen LogP contribution in [0.4, 0.5) is 11.8 Å². The summed E-state index contributed by atoms with van der Waals surface area (Å²) in [7, 11) is 0. The average Bonchev–Trinajstić information content (AvgIpc) is 1.97. The molecule has 0 radical (unpaired) electrons. The van der Waals surface area contributed by atoms with E-state index in [9.17, 15) is 5.21 Å². The lowest BCUT2D eigenvalue weighted by atomic mass is 10.4. The van der Waals surface area contributed by atoms with Gasteiger partial charge in [0.2, 0.25) is 11.6 Å². The van der Waals surface area contributed by atoms with Crippen LogP contribution in [0.1, 0.15) is 5.69 Å². The number of nitrogens with two attached hydrogens (primary N) is 2. The van der Waals surface area contributed by atoms with Crippen molar-refractivity contribution in [3.05, 3.63) is 10.9 Å². The van der Waals surface area contributed by atoms with Gasteiger partial charge in [0.1, 0.15) is 5.69 Å². The Balaban J connectivity index is 3.46. The van der Waals surface area contributed by atoms with Gasteiger partial charge in [-0.1, -0.05) is 0 Å². The Morgan fingerprint density at radius 3 is 2.64 bits per heavy atom. The number of hydrogen-bond acceptors (Lipinski definition) is 5. The van der Waals surface area contributed by atoms with Crippen molar-refractivity contribution in [1.82, 2.24) is 4.98 Å². The van der Waals surface area contributed by atoms with Gasteiger partial charge in [-0.15, -0.1) is 4.98 Å². The van der Waals surface area contributed by atoms with E-state index in [1.54, 1.807) is 0 Å². The summed E-state index contributed by atoms with van der Waals surface area (Å²) < 4.78 is 0.169. The predicted molar refractivity (Wildman–Crippen MR) is 38.4 cm³/mol. The largest absolute Gasteiger partial charge is 0.754 e. The highest BCUT2D eigenvalue weighted by Crippen LogP contribution is 2.18. The van der Waals surface area contributed by atoms with Gasteiger partial charge in [-0.2, -0.15) is 0 Å². The van der Waals surface area contributed by atoms with E-state index in [0.717, 1.165) is 0 Å². The van der Waals surface area contributed by atoms with Gasteiger partial charge in [0, 0.05) is 0 Å². The first-order valence-electron chi connectivity index (χ1n) is 2.88. The van der Waals surface area contributed by atoms with Crippen LogP contribution in [0.5, 0.6) is 5.75 Å². The van der Waals surface area contributed by atoms with Gasteiger partial charge in [0.25, 0.3) is 0 Å². The molecule has 0 saturated carbocycles. The number of aromatic hydroxyl groups is 1. The van der Waals surface area contributed by atoms with Crippen LogP contribution in [0, 0.1) is 12.1 Å². The number of anilines is 2. The van der Waals surface area contributed by atoms with Gasteiger partial charge in [-0.25, -0.2) is 4.73 Å². The van der Waals surface area contributed by atoms with E-state index in [-0.39, 0.29) is 27.9 Å². The molecule has 0 aliphatic rings. The Morgan fingerprint density at radius 1 is 1.55 bits per heavy atom. The standard InChI is InChI=1S/C5H8N4O2/c1-2-3(10)4(6)9(11)5(7)8-2/h10H,6H2,1H3,(H2,7,8). The molecule has 0 amide bonds. The van der Waals surface area contributed by atoms with Crippen LogP contribution in [-0.4, -0.2) is 10.1 Å². The third-order valence-corrected chi connectivity index (χ3v) is 1.29. The first-order chi connectivity index (χ1) is 5.04. The van der Waals surface area contributed by atoms with Gasteiger partial charge in [0.05, 0.1) is 0 Å². The average molecular weight is 156 g/mol. The van der Waals surface area contributed by atoms with E-state index in [0.29, 0.717) is 0 Å². The number of hydrogen-bond donors (Lipinski definition) is 3. The van der Waals surface area contributed by atoms with Crippen molar-refractivity contribution in [3.63, 3.8) is 0 Å². The fraction of sp³-hybridized carbons (Fsp3) is 0.200. The molecule has 6 heteroatoms. The lowest BCUT2D eigenvalue weighted by Gasteiger charge is -2.10. The maximum atomic E-state index is 10.8. The van der Waals surface area contributed by atoms with E-state index < -0.39 is 0 Å². The zero-order valence-corrected chi connectivity index (χ0v) is 5.90. The molecule has 0 bridgehead atoms. The highest BCUT2D eigenvalue weighted by atomic mass is 16.5. The molecule has 1 aromatic rings. The molecule has 6 nitrogen and oxygen atoms in total. The van der Waals surface area contributed by atoms with Gasteiger partial charge in [0.15, 0.2) is 0 Å². The van der Waals surface area contributed by atoms with Crippen LogP contribution in [0.2, 0.25) is 0 Å². The second-order valence-electron chi connectivity index (χ2n) is 2.08. The number of aryl methyl sites for hydroxylation is 1. The van der Waals surface area contributed by atoms with Crippen molar-refractivity contribution in [1.29, 1.82) is 0 Å². The molecule has 1 rings (SSSR count). The van der Waals surface area contributed by atoms with E-state index in [2.05, 4.69) is 4.98 Å². The summed E-state index contributed by atoms with van der Waals surface area (Å²) >= 11 is 0. The molecule has 0 atom stereocenters. The van der Waals surface area contributed by atoms with E-state index >= 15 is 0 Å². The molecule has 1 heterocycles. The molecule has 0 aromatic carbocycles. The molecule has 0 saturated heterocycles. The summed E-state index contributed by atoms with van der Waals surface area (Å²) in [5.74, 6) is -0.915. The fourth-order valence-electron chi connectivity index (χ4n) is 0.675. The number of rotatable bonds is 0. The third-order valence-electron chi connectivity index (χ3n) is 1.29. The molecule has 0 spiro atoms. The monoisotopic (exact) mass is 156 g/mol. The Morgan fingerprint density at radius 2 is 2.09 bits per heavy atom.